The number of carbonyl (C=O) groups excluding carboxylic acids is 2. The highest BCUT2D eigenvalue weighted by atomic mass is 16.5. The van der Waals surface area contributed by atoms with Gasteiger partial charge in [0.25, 0.3) is 0 Å². The lowest BCUT2D eigenvalue weighted by Gasteiger charge is -2.37. The molecule has 20 heavy (non-hydrogen) atoms. The standard InChI is InChI=1S/C14H25N3O3/c1-20-8-6-16-13(18)9-12-14(19)17(7-5-15-12)10-11-3-2-4-11/h11-12,15H,2-10H2,1H3,(H,16,18). The number of methoxy groups -OCH3 is 1. The molecule has 1 atom stereocenters. The fourth-order valence-electron chi connectivity index (χ4n) is 2.67. The average Bonchev–Trinajstić information content (AvgIpc) is 2.38. The van der Waals surface area contributed by atoms with Gasteiger partial charge in [-0.2, -0.15) is 0 Å². The Balaban J connectivity index is 1.75. The van der Waals surface area contributed by atoms with Gasteiger partial charge in [-0.1, -0.05) is 6.42 Å². The first-order valence-corrected chi connectivity index (χ1v) is 7.48. The number of nitrogens with one attached hydrogen (secondary N) is 2. The molecule has 0 spiro atoms. The van der Waals surface area contributed by atoms with E-state index in [2.05, 4.69) is 10.6 Å². The van der Waals surface area contributed by atoms with Crippen LogP contribution in [-0.4, -0.2) is 62.7 Å². The number of piperazine rings is 1. The number of ether oxygens (including phenoxy) is 1. The average molecular weight is 283 g/mol. The number of hydrogen-bond acceptors (Lipinski definition) is 4. The lowest BCUT2D eigenvalue weighted by Crippen LogP contribution is -2.57. The maximum Gasteiger partial charge on any atom is 0.240 e. The largest absolute Gasteiger partial charge is 0.383 e. The molecule has 2 rings (SSSR count). The van der Waals surface area contributed by atoms with Crippen molar-refractivity contribution < 1.29 is 14.3 Å². The lowest BCUT2D eigenvalue weighted by atomic mass is 9.85. The molecule has 1 heterocycles. The predicted octanol–water partition coefficient (Wildman–Crippen LogP) is -0.260. The van der Waals surface area contributed by atoms with Gasteiger partial charge in [-0.3, -0.25) is 9.59 Å². The van der Waals surface area contributed by atoms with E-state index in [1.807, 2.05) is 4.90 Å². The van der Waals surface area contributed by atoms with E-state index in [0.29, 0.717) is 19.1 Å². The summed E-state index contributed by atoms with van der Waals surface area (Å²) in [5, 5.41) is 5.90. The summed E-state index contributed by atoms with van der Waals surface area (Å²) in [6, 6.07) is -0.369. The first kappa shape index (κ1) is 15.3. The molecule has 2 N–H and O–H groups in total. The van der Waals surface area contributed by atoms with Gasteiger partial charge in [0.05, 0.1) is 19.1 Å². The molecule has 2 aliphatic rings. The Morgan fingerprint density at radius 1 is 1.50 bits per heavy atom. The second-order valence-electron chi connectivity index (χ2n) is 5.63. The molecule has 0 aromatic rings. The normalized spacial score (nSPS) is 23.6. The number of carbonyl (C=O) groups is 2. The highest BCUT2D eigenvalue weighted by Gasteiger charge is 2.32. The molecule has 2 fully saturated rings. The maximum absolute atomic E-state index is 12.3. The quantitative estimate of drug-likeness (QED) is 0.632. The van der Waals surface area contributed by atoms with Crippen molar-refractivity contribution in [2.24, 2.45) is 5.92 Å². The van der Waals surface area contributed by atoms with E-state index in [1.54, 1.807) is 7.11 Å². The van der Waals surface area contributed by atoms with Crippen LogP contribution in [0.2, 0.25) is 0 Å². The maximum atomic E-state index is 12.3. The van der Waals surface area contributed by atoms with Gasteiger partial charge in [-0.05, 0) is 18.8 Å². The van der Waals surface area contributed by atoms with Gasteiger partial charge in [0.15, 0.2) is 0 Å². The topological polar surface area (TPSA) is 70.7 Å². The van der Waals surface area contributed by atoms with Crippen LogP contribution < -0.4 is 10.6 Å². The number of hydrogen-bond donors (Lipinski definition) is 2. The van der Waals surface area contributed by atoms with Gasteiger partial charge in [-0.25, -0.2) is 0 Å². The molecular weight excluding hydrogens is 258 g/mol. The summed E-state index contributed by atoms with van der Waals surface area (Å²) in [5.41, 5.74) is 0. The molecule has 1 aliphatic carbocycles. The summed E-state index contributed by atoms with van der Waals surface area (Å²) in [6.45, 7) is 3.38. The van der Waals surface area contributed by atoms with Gasteiger partial charge < -0.3 is 20.3 Å². The molecule has 0 bridgehead atoms. The minimum atomic E-state index is -0.369. The van der Waals surface area contributed by atoms with Gasteiger partial charge in [0.1, 0.15) is 0 Å². The third kappa shape index (κ3) is 4.18. The summed E-state index contributed by atoms with van der Waals surface area (Å²) >= 11 is 0. The van der Waals surface area contributed by atoms with E-state index >= 15 is 0 Å². The van der Waals surface area contributed by atoms with Crippen molar-refractivity contribution in [1.82, 2.24) is 15.5 Å². The lowest BCUT2D eigenvalue weighted by molar-refractivity contribution is -0.139. The van der Waals surface area contributed by atoms with Crippen LogP contribution in [0.4, 0.5) is 0 Å². The fourth-order valence-corrected chi connectivity index (χ4v) is 2.67. The summed E-state index contributed by atoms with van der Waals surface area (Å²) in [6.07, 6.45) is 3.97. The minimum Gasteiger partial charge on any atom is -0.383 e. The SMILES string of the molecule is COCCNC(=O)CC1NCCN(CC2CCC2)C1=O. The molecular formula is C14H25N3O3. The zero-order valence-electron chi connectivity index (χ0n) is 12.2. The van der Waals surface area contributed by atoms with Crippen LogP contribution in [-0.2, 0) is 14.3 Å². The summed E-state index contributed by atoms with van der Waals surface area (Å²) < 4.78 is 4.88. The summed E-state index contributed by atoms with van der Waals surface area (Å²) in [5.74, 6) is 0.650. The Bertz CT molecular complexity index is 345. The van der Waals surface area contributed by atoms with Crippen LogP contribution in [0, 0.1) is 5.92 Å². The van der Waals surface area contributed by atoms with Gasteiger partial charge in [0.2, 0.25) is 11.8 Å². The van der Waals surface area contributed by atoms with E-state index in [0.717, 1.165) is 19.6 Å². The predicted molar refractivity (Wildman–Crippen MR) is 75.2 cm³/mol. The first-order chi connectivity index (χ1) is 9.70. The highest BCUT2D eigenvalue weighted by Crippen LogP contribution is 2.27. The molecule has 2 amide bonds. The third-order valence-corrected chi connectivity index (χ3v) is 4.10. The number of amides is 2. The van der Waals surface area contributed by atoms with E-state index in [4.69, 9.17) is 4.74 Å². The van der Waals surface area contributed by atoms with Crippen molar-refractivity contribution in [2.45, 2.75) is 31.7 Å². The van der Waals surface area contributed by atoms with Crippen LogP contribution in [0.5, 0.6) is 0 Å². The van der Waals surface area contributed by atoms with Crippen LogP contribution in [0.25, 0.3) is 0 Å². The smallest absolute Gasteiger partial charge is 0.240 e. The molecule has 1 unspecified atom stereocenters. The molecule has 0 aromatic heterocycles. The van der Waals surface area contributed by atoms with Crippen molar-refractivity contribution in [2.75, 3.05) is 39.9 Å². The minimum absolute atomic E-state index is 0.0741. The van der Waals surface area contributed by atoms with Crippen molar-refractivity contribution in [3.63, 3.8) is 0 Å². The van der Waals surface area contributed by atoms with E-state index in [1.165, 1.54) is 19.3 Å². The Morgan fingerprint density at radius 2 is 2.30 bits per heavy atom. The zero-order chi connectivity index (χ0) is 14.4. The number of nitrogens with zero attached hydrogens (tertiary/aromatic N) is 1. The van der Waals surface area contributed by atoms with E-state index in [-0.39, 0.29) is 24.3 Å². The molecule has 6 nitrogen and oxygen atoms in total. The number of rotatable bonds is 7. The van der Waals surface area contributed by atoms with Gasteiger partial charge >= 0.3 is 0 Å². The van der Waals surface area contributed by atoms with Crippen LogP contribution >= 0.6 is 0 Å². The van der Waals surface area contributed by atoms with Gasteiger partial charge in [0, 0.05) is 33.3 Å². The Morgan fingerprint density at radius 3 is 2.95 bits per heavy atom. The molecule has 1 saturated heterocycles. The van der Waals surface area contributed by atoms with Crippen molar-refractivity contribution >= 4 is 11.8 Å². The third-order valence-electron chi connectivity index (χ3n) is 4.10. The van der Waals surface area contributed by atoms with Crippen molar-refractivity contribution in [3.8, 4) is 0 Å². The summed E-state index contributed by atoms with van der Waals surface area (Å²) in [4.78, 5) is 26.0. The second-order valence-corrected chi connectivity index (χ2v) is 5.63. The molecule has 1 saturated carbocycles. The molecule has 6 heteroatoms. The van der Waals surface area contributed by atoms with Crippen molar-refractivity contribution in [3.05, 3.63) is 0 Å². The van der Waals surface area contributed by atoms with Crippen LogP contribution in [0.15, 0.2) is 0 Å². The molecule has 0 aromatic carbocycles. The molecule has 1 aliphatic heterocycles. The monoisotopic (exact) mass is 283 g/mol. The Labute approximate surface area is 120 Å². The van der Waals surface area contributed by atoms with E-state index in [9.17, 15) is 9.59 Å². The van der Waals surface area contributed by atoms with Crippen LogP contribution in [0.3, 0.4) is 0 Å². The summed E-state index contributed by atoms with van der Waals surface area (Å²) in [7, 11) is 1.59. The Hall–Kier alpha value is -1.14. The highest BCUT2D eigenvalue weighted by molar-refractivity contribution is 5.88. The van der Waals surface area contributed by atoms with Crippen LogP contribution in [0.1, 0.15) is 25.7 Å². The zero-order valence-corrected chi connectivity index (χ0v) is 12.2. The first-order valence-electron chi connectivity index (χ1n) is 7.48. The van der Waals surface area contributed by atoms with Gasteiger partial charge in [-0.15, -0.1) is 0 Å². The molecule has 114 valence electrons. The molecule has 0 radical (unpaired) electrons. The van der Waals surface area contributed by atoms with Crippen molar-refractivity contribution in [1.29, 1.82) is 0 Å². The van der Waals surface area contributed by atoms with E-state index < -0.39 is 0 Å². The Kier molecular flexibility index (Phi) is 5.79. The fraction of sp³-hybridized carbons (Fsp3) is 0.857. The second kappa shape index (κ2) is 7.59.